The number of halogens is 1. The molecular weight excluding hydrogens is 282 g/mol. The summed E-state index contributed by atoms with van der Waals surface area (Å²) in [5.74, 6) is -0.626. The molecule has 6 nitrogen and oxygen atoms in total. The molecule has 0 atom stereocenters. The van der Waals surface area contributed by atoms with Gasteiger partial charge in [-0.3, -0.25) is 19.1 Å². The highest BCUT2D eigenvalue weighted by Gasteiger charge is 2.09. The number of carbonyl (C=O) groups is 1. The lowest BCUT2D eigenvalue weighted by atomic mass is 10.2. The highest BCUT2D eigenvalue weighted by molar-refractivity contribution is 6.29. The first kappa shape index (κ1) is 14.1. The van der Waals surface area contributed by atoms with Gasteiger partial charge in [-0.25, -0.2) is 4.79 Å². The van der Waals surface area contributed by atoms with Crippen LogP contribution in [0, 0.1) is 0 Å². The van der Waals surface area contributed by atoms with Gasteiger partial charge in [0.25, 0.3) is 5.56 Å². The smallest absolute Gasteiger partial charge is 0.311 e. The van der Waals surface area contributed by atoms with Gasteiger partial charge in [-0.15, -0.1) is 11.6 Å². The Morgan fingerprint density at radius 1 is 1.25 bits per heavy atom. The van der Waals surface area contributed by atoms with Crippen LogP contribution in [0.4, 0.5) is 5.82 Å². The van der Waals surface area contributed by atoms with E-state index in [9.17, 15) is 14.4 Å². The number of aromatic nitrogens is 2. The van der Waals surface area contributed by atoms with E-state index in [-0.39, 0.29) is 18.2 Å². The number of anilines is 1. The molecule has 0 aliphatic rings. The first-order valence-electron chi connectivity index (χ1n) is 5.84. The Bertz CT molecular complexity index is 722. The van der Waals surface area contributed by atoms with Crippen molar-refractivity contribution in [2.75, 3.05) is 11.2 Å². The number of nitrogens with zero attached hydrogens (tertiary/aromatic N) is 1. The normalized spacial score (nSPS) is 10.2. The fourth-order valence-electron chi connectivity index (χ4n) is 1.72. The zero-order valence-corrected chi connectivity index (χ0v) is 11.2. The van der Waals surface area contributed by atoms with E-state index >= 15 is 0 Å². The van der Waals surface area contributed by atoms with E-state index in [2.05, 4.69) is 10.3 Å². The van der Waals surface area contributed by atoms with Crippen LogP contribution in [0.1, 0.15) is 5.56 Å². The van der Waals surface area contributed by atoms with Crippen molar-refractivity contribution in [2.45, 2.75) is 6.54 Å². The summed E-state index contributed by atoms with van der Waals surface area (Å²) in [6.45, 7) is 0.231. The minimum absolute atomic E-state index is 0.119. The number of hydrogen-bond donors (Lipinski definition) is 2. The molecule has 0 aliphatic carbocycles. The number of carbonyl (C=O) groups excluding carboxylic acids is 1. The quantitative estimate of drug-likeness (QED) is 0.816. The number of amides is 1. The van der Waals surface area contributed by atoms with Gasteiger partial charge in [-0.05, 0) is 5.56 Å². The summed E-state index contributed by atoms with van der Waals surface area (Å²) < 4.78 is 1.27. The Hall–Kier alpha value is -2.34. The largest absolute Gasteiger partial charge is 0.330 e. The molecule has 0 fully saturated rings. The van der Waals surface area contributed by atoms with E-state index in [1.165, 1.54) is 4.57 Å². The maximum Gasteiger partial charge on any atom is 0.330 e. The first-order valence-corrected chi connectivity index (χ1v) is 6.37. The molecule has 1 amide bonds. The third-order valence-electron chi connectivity index (χ3n) is 2.61. The van der Waals surface area contributed by atoms with E-state index in [4.69, 9.17) is 11.6 Å². The summed E-state index contributed by atoms with van der Waals surface area (Å²) in [6, 6.07) is 10.4. The molecule has 0 unspecified atom stereocenters. The Balaban J connectivity index is 2.42. The molecule has 1 aromatic carbocycles. The molecule has 0 spiro atoms. The van der Waals surface area contributed by atoms with Crippen LogP contribution in [0.3, 0.4) is 0 Å². The highest BCUT2D eigenvalue weighted by Crippen LogP contribution is 2.06. The lowest BCUT2D eigenvalue weighted by Gasteiger charge is -2.12. The standard InChI is InChI=1S/C13H12ClN3O3/c14-7-12(19)15-10-6-11(18)16-13(20)17(10)8-9-4-2-1-3-5-9/h1-6H,7-8H2,(H,15,19)(H,16,18,20). The van der Waals surface area contributed by atoms with Gasteiger partial charge in [-0.2, -0.15) is 0 Å². The zero-order chi connectivity index (χ0) is 14.5. The number of nitrogens with one attached hydrogen (secondary N) is 2. The molecule has 2 rings (SSSR count). The maximum atomic E-state index is 11.9. The summed E-state index contributed by atoms with van der Waals surface area (Å²) in [5.41, 5.74) is -0.307. The number of rotatable bonds is 4. The average molecular weight is 294 g/mol. The fourth-order valence-corrected chi connectivity index (χ4v) is 1.79. The van der Waals surface area contributed by atoms with Crippen molar-refractivity contribution in [2.24, 2.45) is 0 Å². The van der Waals surface area contributed by atoms with E-state index in [1.807, 2.05) is 30.3 Å². The monoisotopic (exact) mass is 293 g/mol. The van der Waals surface area contributed by atoms with E-state index in [0.717, 1.165) is 11.6 Å². The van der Waals surface area contributed by atoms with Gasteiger partial charge in [0.15, 0.2) is 0 Å². The molecule has 0 saturated heterocycles. The van der Waals surface area contributed by atoms with Crippen LogP contribution in [-0.2, 0) is 11.3 Å². The molecule has 0 radical (unpaired) electrons. The molecule has 20 heavy (non-hydrogen) atoms. The minimum atomic E-state index is -0.591. The number of aromatic amines is 1. The van der Waals surface area contributed by atoms with Crippen molar-refractivity contribution in [1.82, 2.24) is 9.55 Å². The molecule has 0 bridgehead atoms. The second-order valence-electron chi connectivity index (χ2n) is 4.08. The minimum Gasteiger partial charge on any atom is -0.311 e. The summed E-state index contributed by atoms with van der Waals surface area (Å²) >= 11 is 5.41. The molecule has 0 saturated carbocycles. The van der Waals surface area contributed by atoms with Crippen LogP contribution in [0.15, 0.2) is 46.0 Å². The van der Waals surface area contributed by atoms with Gasteiger partial charge in [0.2, 0.25) is 5.91 Å². The summed E-state index contributed by atoms with van der Waals surface area (Å²) in [6.07, 6.45) is 0. The Morgan fingerprint density at radius 2 is 1.95 bits per heavy atom. The third kappa shape index (κ3) is 3.36. The van der Waals surface area contributed by atoms with Crippen LogP contribution in [0.5, 0.6) is 0 Å². The van der Waals surface area contributed by atoms with Crippen LogP contribution in [0.25, 0.3) is 0 Å². The SMILES string of the molecule is O=C(CCl)Nc1cc(=O)[nH]c(=O)n1Cc1ccccc1. The van der Waals surface area contributed by atoms with Crippen LogP contribution in [-0.4, -0.2) is 21.3 Å². The molecule has 1 aromatic heterocycles. The van der Waals surface area contributed by atoms with Crippen molar-refractivity contribution in [3.8, 4) is 0 Å². The summed E-state index contributed by atoms with van der Waals surface area (Å²) in [5, 5.41) is 2.43. The van der Waals surface area contributed by atoms with Gasteiger partial charge >= 0.3 is 5.69 Å². The highest BCUT2D eigenvalue weighted by atomic mass is 35.5. The molecule has 7 heteroatoms. The van der Waals surface area contributed by atoms with E-state index in [0.29, 0.717) is 0 Å². The molecule has 104 valence electrons. The van der Waals surface area contributed by atoms with Gasteiger partial charge in [0, 0.05) is 6.07 Å². The molecule has 0 aliphatic heterocycles. The van der Waals surface area contributed by atoms with Crippen LogP contribution >= 0.6 is 11.6 Å². The van der Waals surface area contributed by atoms with Crippen molar-refractivity contribution in [3.05, 3.63) is 62.8 Å². The molecule has 2 aromatic rings. The van der Waals surface area contributed by atoms with Crippen molar-refractivity contribution < 1.29 is 4.79 Å². The summed E-state index contributed by atoms with van der Waals surface area (Å²) in [4.78, 5) is 36.7. The maximum absolute atomic E-state index is 11.9. The van der Waals surface area contributed by atoms with Crippen molar-refractivity contribution in [1.29, 1.82) is 0 Å². The van der Waals surface area contributed by atoms with Gasteiger partial charge in [0.05, 0.1) is 6.54 Å². The molecule has 2 N–H and O–H groups in total. The second-order valence-corrected chi connectivity index (χ2v) is 4.34. The molecule has 1 heterocycles. The Labute approximate surface area is 119 Å². The van der Waals surface area contributed by atoms with Gasteiger partial charge in [-0.1, -0.05) is 30.3 Å². The average Bonchev–Trinajstić information content (AvgIpc) is 2.43. The predicted octanol–water partition coefficient (Wildman–Crippen LogP) is 0.762. The topological polar surface area (TPSA) is 84.0 Å². The third-order valence-corrected chi connectivity index (χ3v) is 2.85. The lowest BCUT2D eigenvalue weighted by Crippen LogP contribution is -2.33. The van der Waals surface area contributed by atoms with Crippen molar-refractivity contribution in [3.63, 3.8) is 0 Å². The zero-order valence-electron chi connectivity index (χ0n) is 10.4. The van der Waals surface area contributed by atoms with Gasteiger partial charge in [0.1, 0.15) is 11.7 Å². The van der Waals surface area contributed by atoms with Gasteiger partial charge < -0.3 is 5.32 Å². The Kier molecular flexibility index (Phi) is 4.37. The first-order chi connectivity index (χ1) is 9.60. The number of benzene rings is 1. The lowest BCUT2D eigenvalue weighted by molar-refractivity contribution is -0.114. The second kappa shape index (κ2) is 6.21. The van der Waals surface area contributed by atoms with E-state index < -0.39 is 17.2 Å². The molecular formula is C13H12ClN3O3. The summed E-state index contributed by atoms with van der Waals surface area (Å²) in [7, 11) is 0. The van der Waals surface area contributed by atoms with E-state index in [1.54, 1.807) is 0 Å². The van der Waals surface area contributed by atoms with Crippen molar-refractivity contribution >= 4 is 23.3 Å². The van der Waals surface area contributed by atoms with Crippen LogP contribution < -0.4 is 16.6 Å². The number of hydrogen-bond acceptors (Lipinski definition) is 3. The van der Waals surface area contributed by atoms with Crippen LogP contribution in [0.2, 0.25) is 0 Å². The Morgan fingerprint density at radius 3 is 2.60 bits per heavy atom. The fraction of sp³-hybridized carbons (Fsp3) is 0.154. The predicted molar refractivity (Wildman–Crippen MR) is 76.2 cm³/mol. The number of alkyl halides is 1. The number of H-pyrrole nitrogens is 1.